The molecule has 2 N–H and O–H groups in total. The number of nitrogens with one attached hydrogen (secondary N) is 2. The van der Waals surface area contributed by atoms with Gasteiger partial charge in [-0.1, -0.05) is 39.9 Å². The van der Waals surface area contributed by atoms with E-state index in [1.807, 2.05) is 22.6 Å². The summed E-state index contributed by atoms with van der Waals surface area (Å²) < 4.78 is 35.2. The van der Waals surface area contributed by atoms with Gasteiger partial charge in [0.05, 0.1) is 7.11 Å². The fourth-order valence-electron chi connectivity index (χ4n) is 4.73. The number of hydrogen-bond acceptors (Lipinski definition) is 14. The molecule has 0 saturated carbocycles. The molecule has 2 aliphatic heterocycles. The highest BCUT2D eigenvalue weighted by Crippen LogP contribution is 2.38. The molecule has 0 aliphatic carbocycles. The number of amides is 3. The van der Waals surface area contributed by atoms with Gasteiger partial charge in [0, 0.05) is 15.4 Å². The minimum absolute atomic E-state index is 0.0262. The molecular formula is C34H42IN5O11S2. The van der Waals surface area contributed by atoms with E-state index < -0.39 is 75.0 Å². The van der Waals surface area contributed by atoms with Gasteiger partial charge >= 0.3 is 18.0 Å². The number of β-lactam (4-membered cyclic amide) rings is 1. The molecule has 2 aromatic rings. The summed E-state index contributed by atoms with van der Waals surface area (Å²) in [7, 11) is 1.53. The van der Waals surface area contributed by atoms with Crippen molar-refractivity contribution in [2.24, 2.45) is 5.16 Å². The number of hydrogen-bond donors (Lipinski definition) is 2. The lowest BCUT2D eigenvalue weighted by Gasteiger charge is -2.49. The first-order chi connectivity index (χ1) is 24.6. The highest BCUT2D eigenvalue weighted by atomic mass is 127. The van der Waals surface area contributed by atoms with Crippen LogP contribution in [0.5, 0.6) is 5.75 Å². The van der Waals surface area contributed by atoms with E-state index in [-0.39, 0.29) is 28.9 Å². The molecule has 2 aliphatic rings. The summed E-state index contributed by atoms with van der Waals surface area (Å²) in [4.78, 5) is 77.1. The Labute approximate surface area is 327 Å². The number of benzene rings is 1. The predicted octanol–water partition coefficient (Wildman–Crippen LogP) is 4.19. The zero-order chi connectivity index (χ0) is 39.5. The number of fused-ring (bicyclic) bond motifs is 1. The number of oxime groups is 1. The molecule has 19 heteroatoms. The third-order valence-electron chi connectivity index (χ3n) is 7.20. The molecule has 4 rings (SSSR count). The standard InChI is InChI=1S/C34H42IN5O11S2/c1-32(2,3)49-29(44)34(7,8)51-39-22(21-16-52-30(36-21)38-31(45)50-33(4,5)6)25(41)37-23-26(42)40-24(19(14-35)17-53(46)27(23)40)28(43)48-15-18-10-12-20(47-9)13-11-18/h10-13,16,23,27H,14-15,17H2,1-9H3,(H,37,41)(H,36,38,45)/b39-22-/t23-,27-,53-/m1/s1. The Morgan fingerprint density at radius 1 is 1.06 bits per heavy atom. The third-order valence-corrected chi connectivity index (χ3v) is 10.5. The lowest BCUT2D eigenvalue weighted by molar-refractivity contribution is -0.179. The summed E-state index contributed by atoms with van der Waals surface area (Å²) in [5, 5.41) is 9.36. The van der Waals surface area contributed by atoms with E-state index in [4.69, 9.17) is 23.8 Å². The van der Waals surface area contributed by atoms with Crippen LogP contribution in [-0.2, 0) is 56.0 Å². The minimum atomic E-state index is -1.71. The van der Waals surface area contributed by atoms with Crippen molar-refractivity contribution in [1.82, 2.24) is 15.2 Å². The molecule has 1 saturated heterocycles. The lowest BCUT2D eigenvalue weighted by atomic mass is 10.0. The average Bonchev–Trinajstić information content (AvgIpc) is 3.51. The number of halogens is 1. The molecule has 1 fully saturated rings. The minimum Gasteiger partial charge on any atom is -0.614 e. The Bertz CT molecular complexity index is 1800. The monoisotopic (exact) mass is 887 g/mol. The molecule has 0 spiro atoms. The summed E-state index contributed by atoms with van der Waals surface area (Å²) in [6.07, 6.45) is -0.791. The topological polar surface area (TPSA) is 207 Å². The van der Waals surface area contributed by atoms with Crippen LogP contribution in [0.4, 0.5) is 9.93 Å². The summed E-state index contributed by atoms with van der Waals surface area (Å²) in [6.45, 7) is 12.8. The molecule has 0 bridgehead atoms. The van der Waals surface area contributed by atoms with Crippen molar-refractivity contribution in [2.45, 2.75) is 90.2 Å². The van der Waals surface area contributed by atoms with Crippen LogP contribution in [0.2, 0.25) is 0 Å². The Balaban J connectivity index is 1.57. The van der Waals surface area contributed by atoms with Crippen molar-refractivity contribution in [1.29, 1.82) is 0 Å². The van der Waals surface area contributed by atoms with Gasteiger partial charge in [0.25, 0.3) is 11.8 Å². The Hall–Kier alpha value is -3.95. The van der Waals surface area contributed by atoms with Crippen LogP contribution < -0.4 is 15.4 Å². The number of nitrogens with zero attached hydrogens (tertiary/aromatic N) is 3. The van der Waals surface area contributed by atoms with Crippen LogP contribution >= 0.6 is 33.9 Å². The van der Waals surface area contributed by atoms with Crippen LogP contribution in [0.25, 0.3) is 0 Å². The summed E-state index contributed by atoms with van der Waals surface area (Å²) in [5.74, 6) is -2.62. The van der Waals surface area contributed by atoms with Crippen LogP contribution in [0, 0.1) is 0 Å². The second kappa shape index (κ2) is 16.6. The van der Waals surface area contributed by atoms with Crippen molar-refractivity contribution in [3.05, 3.63) is 52.2 Å². The van der Waals surface area contributed by atoms with Crippen molar-refractivity contribution < 1.29 is 52.3 Å². The van der Waals surface area contributed by atoms with E-state index >= 15 is 0 Å². The van der Waals surface area contributed by atoms with Crippen LogP contribution in [0.15, 0.2) is 46.1 Å². The maximum Gasteiger partial charge on any atom is 0.413 e. The number of rotatable bonds is 12. The van der Waals surface area contributed by atoms with Crippen molar-refractivity contribution in [3.63, 3.8) is 0 Å². The van der Waals surface area contributed by atoms with E-state index in [1.54, 1.807) is 65.8 Å². The number of thiazole rings is 1. The van der Waals surface area contributed by atoms with Gasteiger partial charge in [0.2, 0.25) is 11.0 Å². The highest BCUT2D eigenvalue weighted by Gasteiger charge is 2.61. The number of alkyl halides is 1. The second-order valence-corrected chi connectivity index (χ2v) is 17.4. The molecule has 288 valence electrons. The Kier molecular flexibility index (Phi) is 13.1. The van der Waals surface area contributed by atoms with E-state index in [0.717, 1.165) is 16.2 Å². The van der Waals surface area contributed by atoms with Gasteiger partial charge in [-0.15, -0.1) is 11.3 Å². The van der Waals surface area contributed by atoms with Gasteiger partial charge in [0.15, 0.2) is 16.9 Å². The second-order valence-electron chi connectivity index (χ2n) is 14.3. The molecular weight excluding hydrogens is 845 g/mol. The number of methoxy groups -OCH3 is 1. The first-order valence-corrected chi connectivity index (χ1v) is 20.0. The number of aromatic nitrogens is 1. The Morgan fingerprint density at radius 3 is 2.28 bits per heavy atom. The zero-order valence-corrected chi connectivity index (χ0v) is 34.5. The first kappa shape index (κ1) is 41.8. The fourth-order valence-corrected chi connectivity index (χ4v) is 8.09. The molecule has 16 nitrogen and oxygen atoms in total. The van der Waals surface area contributed by atoms with Gasteiger partial charge in [-0.3, -0.25) is 19.8 Å². The van der Waals surface area contributed by atoms with Gasteiger partial charge in [-0.2, -0.15) is 0 Å². The maximum absolute atomic E-state index is 13.9. The number of esters is 2. The molecule has 0 unspecified atom stereocenters. The van der Waals surface area contributed by atoms with E-state index in [9.17, 15) is 28.5 Å². The molecule has 1 aromatic heterocycles. The first-order valence-electron chi connectivity index (χ1n) is 16.2. The molecule has 3 amide bonds. The van der Waals surface area contributed by atoms with E-state index in [0.29, 0.717) is 21.3 Å². The predicted molar refractivity (Wildman–Crippen MR) is 204 cm³/mol. The Morgan fingerprint density at radius 2 is 1.70 bits per heavy atom. The average molecular weight is 888 g/mol. The SMILES string of the molecule is COc1ccc(COC(=O)C2=C(CI)C[S@@+]([O-])[C@@H]3[C@H](NC(=O)/C(=N\OC(C)(C)C(=O)OC(C)(C)C)c4csc(NC(=O)OC(C)(C)C)n4)C(=O)N23)cc1. The normalized spacial score (nSPS) is 19.1. The van der Waals surface area contributed by atoms with Crippen molar-refractivity contribution >= 4 is 85.8 Å². The highest BCUT2D eigenvalue weighted by molar-refractivity contribution is 14.1. The molecule has 3 atom stereocenters. The quantitative estimate of drug-likeness (QED) is 0.0450. The number of ether oxygens (including phenoxy) is 4. The third kappa shape index (κ3) is 10.6. The summed E-state index contributed by atoms with van der Waals surface area (Å²) in [5.41, 5.74) is -2.75. The summed E-state index contributed by atoms with van der Waals surface area (Å²) in [6, 6.07) is 5.57. The summed E-state index contributed by atoms with van der Waals surface area (Å²) >= 11 is 1.26. The molecule has 3 heterocycles. The van der Waals surface area contributed by atoms with Crippen LogP contribution in [0.3, 0.4) is 0 Å². The van der Waals surface area contributed by atoms with Gasteiger partial charge in [0.1, 0.15) is 40.7 Å². The van der Waals surface area contributed by atoms with Crippen LogP contribution in [-0.4, -0.2) is 95.5 Å². The number of anilines is 1. The fraction of sp³-hybridized carbons (Fsp3) is 0.500. The van der Waals surface area contributed by atoms with Crippen LogP contribution in [0.1, 0.15) is 66.6 Å². The molecule has 53 heavy (non-hydrogen) atoms. The zero-order valence-electron chi connectivity index (χ0n) is 30.7. The van der Waals surface area contributed by atoms with Gasteiger partial charge < -0.3 is 33.7 Å². The smallest absolute Gasteiger partial charge is 0.413 e. The number of carbonyl (C=O) groups excluding carboxylic acids is 5. The lowest BCUT2D eigenvalue weighted by Crippen LogP contribution is -2.75. The van der Waals surface area contributed by atoms with Gasteiger partial charge in [-0.25, -0.2) is 19.4 Å². The maximum atomic E-state index is 13.9. The van der Waals surface area contributed by atoms with Crippen molar-refractivity contribution in [2.75, 3.05) is 22.6 Å². The largest absolute Gasteiger partial charge is 0.614 e. The molecule has 0 radical (unpaired) electrons. The van der Waals surface area contributed by atoms with E-state index in [1.165, 1.54) is 26.3 Å². The van der Waals surface area contributed by atoms with Gasteiger partial charge in [-0.05, 0) is 84.3 Å². The molecule has 1 aromatic carbocycles. The number of carbonyl (C=O) groups is 5. The van der Waals surface area contributed by atoms with Crippen molar-refractivity contribution in [3.8, 4) is 5.75 Å². The van der Waals surface area contributed by atoms with E-state index in [2.05, 4.69) is 20.8 Å².